The van der Waals surface area contributed by atoms with E-state index in [2.05, 4.69) is 31.1 Å². The minimum absolute atomic E-state index is 0.133. The number of aromatic amines is 1. The lowest BCUT2D eigenvalue weighted by molar-refractivity contribution is 0.0924. The fourth-order valence-corrected chi connectivity index (χ4v) is 5.28. The second kappa shape index (κ2) is 10.7. The van der Waals surface area contributed by atoms with Gasteiger partial charge in [-0.15, -0.1) is 0 Å². The third-order valence-electron chi connectivity index (χ3n) is 7.41. The van der Waals surface area contributed by atoms with E-state index in [1.54, 1.807) is 19.5 Å². The van der Waals surface area contributed by atoms with Crippen LogP contribution in [0.2, 0.25) is 0 Å². The topological polar surface area (TPSA) is 126 Å². The van der Waals surface area contributed by atoms with Crippen molar-refractivity contribution in [1.29, 1.82) is 0 Å². The number of nitrogens with one attached hydrogen (secondary N) is 4. The quantitative estimate of drug-likeness (QED) is 0.287. The number of rotatable bonds is 7. The van der Waals surface area contributed by atoms with Crippen molar-refractivity contribution in [3.8, 4) is 22.9 Å². The molecule has 10 nitrogen and oxygen atoms in total. The van der Waals surface area contributed by atoms with Crippen LogP contribution in [0.1, 0.15) is 47.1 Å². The van der Waals surface area contributed by atoms with Crippen LogP contribution in [0.5, 0.6) is 11.5 Å². The maximum absolute atomic E-state index is 13.4. The molecule has 1 atom stereocenters. The van der Waals surface area contributed by atoms with Crippen LogP contribution in [0, 0.1) is 0 Å². The number of pyridine rings is 1. The van der Waals surface area contributed by atoms with Crippen LogP contribution in [-0.2, 0) is 5.54 Å². The van der Waals surface area contributed by atoms with Gasteiger partial charge in [0.05, 0.1) is 25.3 Å². The number of fused-ring (bicyclic) bond motifs is 1. The standard InChI is InChI=1S/C29H31N7O3/c1-38-22-5-6-23-24(9-16-39-25(23)18-22)32-27(37)20-3-2-4-21(17-20)34-29(10-14-31-15-11-29)28-33-26(35-36-28)19-7-12-30-13-8-19/h2-8,12-13,17-18,24,31,34H,9-11,14-16H2,1H3,(H,32,37)(H,33,35,36)/t24-/m1/s1. The van der Waals surface area contributed by atoms with E-state index in [0.29, 0.717) is 24.4 Å². The molecule has 10 heteroatoms. The fourth-order valence-electron chi connectivity index (χ4n) is 5.28. The SMILES string of the molecule is COc1ccc2c(c1)OCC[C@H]2NC(=O)c1cccc(NC2(c3nc(-c4ccncc4)n[nH]3)CCNCC2)c1. The van der Waals surface area contributed by atoms with E-state index in [9.17, 15) is 4.79 Å². The van der Waals surface area contributed by atoms with E-state index < -0.39 is 5.54 Å². The number of aromatic nitrogens is 4. The summed E-state index contributed by atoms with van der Waals surface area (Å²) in [6.45, 7) is 2.21. The number of H-pyrrole nitrogens is 1. The molecule has 0 aliphatic carbocycles. The molecule has 2 aliphatic rings. The van der Waals surface area contributed by atoms with E-state index in [4.69, 9.17) is 14.5 Å². The molecule has 0 bridgehead atoms. The van der Waals surface area contributed by atoms with Crippen molar-refractivity contribution in [2.24, 2.45) is 0 Å². The highest BCUT2D eigenvalue weighted by molar-refractivity contribution is 5.95. The molecule has 4 heterocycles. The van der Waals surface area contributed by atoms with Gasteiger partial charge in [0, 0.05) is 47.3 Å². The summed E-state index contributed by atoms with van der Waals surface area (Å²) in [5.74, 6) is 2.75. The molecular formula is C29H31N7O3. The third kappa shape index (κ3) is 5.15. The Hall–Kier alpha value is -4.44. The number of benzene rings is 2. The van der Waals surface area contributed by atoms with Crippen molar-refractivity contribution in [3.63, 3.8) is 0 Å². The van der Waals surface area contributed by atoms with E-state index in [0.717, 1.165) is 60.1 Å². The lowest BCUT2D eigenvalue weighted by Gasteiger charge is -2.37. The summed E-state index contributed by atoms with van der Waals surface area (Å²) in [5, 5.41) is 18.0. The summed E-state index contributed by atoms with van der Waals surface area (Å²) in [7, 11) is 1.63. The highest BCUT2D eigenvalue weighted by Crippen LogP contribution is 2.36. The van der Waals surface area contributed by atoms with Crippen LogP contribution in [-0.4, -0.2) is 52.9 Å². The van der Waals surface area contributed by atoms with Crippen molar-refractivity contribution in [2.45, 2.75) is 30.8 Å². The smallest absolute Gasteiger partial charge is 0.251 e. The first kappa shape index (κ1) is 24.9. The zero-order valence-electron chi connectivity index (χ0n) is 21.7. The first-order chi connectivity index (χ1) is 19.1. The van der Waals surface area contributed by atoms with Gasteiger partial charge in [-0.2, -0.15) is 5.10 Å². The summed E-state index contributed by atoms with van der Waals surface area (Å²) in [5.41, 5.74) is 2.85. The Morgan fingerprint density at radius 2 is 1.95 bits per heavy atom. The fraction of sp³-hybridized carbons (Fsp3) is 0.310. The van der Waals surface area contributed by atoms with Gasteiger partial charge in [0.1, 0.15) is 11.5 Å². The minimum Gasteiger partial charge on any atom is -0.497 e. The van der Waals surface area contributed by atoms with E-state index in [-0.39, 0.29) is 11.9 Å². The van der Waals surface area contributed by atoms with Gasteiger partial charge in [-0.3, -0.25) is 14.9 Å². The number of methoxy groups -OCH3 is 1. The van der Waals surface area contributed by atoms with Crippen LogP contribution >= 0.6 is 0 Å². The molecule has 39 heavy (non-hydrogen) atoms. The van der Waals surface area contributed by atoms with Crippen molar-refractivity contribution < 1.29 is 14.3 Å². The minimum atomic E-state index is -0.447. The third-order valence-corrected chi connectivity index (χ3v) is 7.41. The summed E-state index contributed by atoms with van der Waals surface area (Å²) in [6.07, 6.45) is 5.80. The van der Waals surface area contributed by atoms with Gasteiger partial charge in [0.15, 0.2) is 11.6 Å². The number of hydrogen-bond acceptors (Lipinski definition) is 8. The first-order valence-corrected chi connectivity index (χ1v) is 13.2. The molecule has 0 unspecified atom stereocenters. The monoisotopic (exact) mass is 525 g/mol. The van der Waals surface area contributed by atoms with Crippen LogP contribution < -0.4 is 25.4 Å². The van der Waals surface area contributed by atoms with Gasteiger partial charge in [0.25, 0.3) is 5.91 Å². The Morgan fingerprint density at radius 3 is 2.77 bits per heavy atom. The zero-order valence-corrected chi connectivity index (χ0v) is 21.7. The van der Waals surface area contributed by atoms with Gasteiger partial charge in [-0.05, 0) is 68.4 Å². The molecule has 2 aromatic carbocycles. The normalized spacial score (nSPS) is 17.9. The number of carbonyl (C=O) groups excluding carboxylic acids is 1. The van der Waals surface area contributed by atoms with Crippen molar-refractivity contribution in [2.75, 3.05) is 32.1 Å². The number of amides is 1. The Kier molecular flexibility index (Phi) is 6.85. The summed E-state index contributed by atoms with van der Waals surface area (Å²) >= 11 is 0. The molecule has 1 amide bonds. The molecule has 2 aromatic heterocycles. The number of anilines is 1. The molecule has 4 aromatic rings. The highest BCUT2D eigenvalue weighted by Gasteiger charge is 2.37. The number of piperidine rings is 1. The largest absolute Gasteiger partial charge is 0.497 e. The average Bonchev–Trinajstić information content (AvgIpc) is 3.50. The van der Waals surface area contributed by atoms with Crippen LogP contribution in [0.15, 0.2) is 67.0 Å². The van der Waals surface area contributed by atoms with Crippen molar-refractivity contribution >= 4 is 11.6 Å². The second-order valence-corrected chi connectivity index (χ2v) is 9.85. The predicted octanol–water partition coefficient (Wildman–Crippen LogP) is 3.82. The molecule has 4 N–H and O–H groups in total. The Morgan fingerprint density at radius 1 is 1.10 bits per heavy atom. The highest BCUT2D eigenvalue weighted by atomic mass is 16.5. The summed E-state index contributed by atoms with van der Waals surface area (Å²) in [6, 6.07) is 17.0. The van der Waals surface area contributed by atoms with Crippen molar-refractivity contribution in [1.82, 2.24) is 30.8 Å². The van der Waals surface area contributed by atoms with E-state index in [1.165, 1.54) is 0 Å². The first-order valence-electron chi connectivity index (χ1n) is 13.2. The van der Waals surface area contributed by atoms with Crippen LogP contribution in [0.4, 0.5) is 5.69 Å². The average molecular weight is 526 g/mol. The van der Waals surface area contributed by atoms with E-state index in [1.807, 2.05) is 54.6 Å². The number of carbonyl (C=O) groups is 1. The number of nitrogens with zero attached hydrogens (tertiary/aromatic N) is 3. The second-order valence-electron chi connectivity index (χ2n) is 9.85. The molecule has 2 aliphatic heterocycles. The molecule has 0 spiro atoms. The van der Waals surface area contributed by atoms with Crippen molar-refractivity contribution in [3.05, 3.63) is 83.9 Å². The zero-order chi connectivity index (χ0) is 26.7. The van der Waals surface area contributed by atoms with Crippen LogP contribution in [0.25, 0.3) is 11.4 Å². The Balaban J connectivity index is 1.22. The molecule has 6 rings (SSSR count). The van der Waals surface area contributed by atoms with Gasteiger partial charge in [-0.25, -0.2) is 4.98 Å². The number of ether oxygens (including phenoxy) is 2. The van der Waals surface area contributed by atoms with Gasteiger partial charge in [0.2, 0.25) is 0 Å². The molecule has 1 fully saturated rings. The summed E-state index contributed by atoms with van der Waals surface area (Å²) < 4.78 is 11.1. The lowest BCUT2D eigenvalue weighted by Crippen LogP contribution is -2.46. The summed E-state index contributed by atoms with van der Waals surface area (Å²) in [4.78, 5) is 22.3. The van der Waals surface area contributed by atoms with Gasteiger partial charge < -0.3 is 25.4 Å². The van der Waals surface area contributed by atoms with E-state index >= 15 is 0 Å². The molecule has 200 valence electrons. The Bertz CT molecular complexity index is 1450. The van der Waals surface area contributed by atoms with Crippen LogP contribution in [0.3, 0.4) is 0 Å². The Labute approximate surface area is 226 Å². The predicted molar refractivity (Wildman–Crippen MR) is 147 cm³/mol. The molecular weight excluding hydrogens is 494 g/mol. The van der Waals surface area contributed by atoms with Gasteiger partial charge in [-0.1, -0.05) is 6.07 Å². The molecule has 1 saturated heterocycles. The molecule has 0 saturated carbocycles. The number of hydrogen-bond donors (Lipinski definition) is 4. The maximum Gasteiger partial charge on any atom is 0.251 e. The maximum atomic E-state index is 13.4. The van der Waals surface area contributed by atoms with Gasteiger partial charge >= 0.3 is 0 Å². The lowest BCUT2D eigenvalue weighted by atomic mass is 9.87. The molecule has 0 radical (unpaired) electrons.